The molecule has 3 N–H and O–H groups in total. The minimum absolute atomic E-state index is 0.00917. The van der Waals surface area contributed by atoms with E-state index >= 15 is 0 Å². The second-order valence-electron chi connectivity index (χ2n) is 6.48. The maximum atomic E-state index is 12.3. The second-order valence-corrected chi connectivity index (χ2v) is 6.92. The molecule has 1 rings (SSSR count). The third kappa shape index (κ3) is 5.51. The van der Waals surface area contributed by atoms with E-state index in [1.54, 1.807) is 0 Å². The molecule has 2 unspecified atom stereocenters. The molecule has 20 heavy (non-hydrogen) atoms. The molecule has 0 aliphatic heterocycles. The van der Waals surface area contributed by atoms with Crippen molar-refractivity contribution in [3.63, 3.8) is 0 Å². The van der Waals surface area contributed by atoms with Gasteiger partial charge in [0.05, 0.1) is 12.0 Å². The van der Waals surface area contributed by atoms with Gasteiger partial charge in [0.2, 0.25) is 5.91 Å². The largest absolute Gasteiger partial charge is 0.349 e. The lowest BCUT2D eigenvalue weighted by Gasteiger charge is -2.26. The smallest absolute Gasteiger partial charge is 0.224 e. The predicted octanol–water partition coefficient (Wildman–Crippen LogP) is 3.53. The highest BCUT2D eigenvalue weighted by molar-refractivity contribution is 6.30. The van der Waals surface area contributed by atoms with Crippen LogP contribution in [0.4, 0.5) is 0 Å². The van der Waals surface area contributed by atoms with Gasteiger partial charge in [-0.3, -0.25) is 4.79 Å². The molecule has 0 saturated carbocycles. The lowest BCUT2D eigenvalue weighted by molar-refractivity contribution is -0.126. The van der Waals surface area contributed by atoms with E-state index in [1.807, 2.05) is 31.2 Å². The lowest BCUT2D eigenvalue weighted by atomic mass is 9.84. The summed E-state index contributed by atoms with van der Waals surface area (Å²) in [6.07, 6.45) is 0.775. The molecular weight excluding hydrogens is 272 g/mol. The Kier molecular flexibility index (Phi) is 6.03. The highest BCUT2D eigenvalue weighted by Gasteiger charge is 2.24. The number of halogens is 1. The Balaban J connectivity index is 2.68. The summed E-state index contributed by atoms with van der Waals surface area (Å²) < 4.78 is 0. The van der Waals surface area contributed by atoms with E-state index in [0.29, 0.717) is 11.6 Å². The van der Waals surface area contributed by atoms with E-state index in [0.717, 1.165) is 12.0 Å². The van der Waals surface area contributed by atoms with Gasteiger partial charge < -0.3 is 11.1 Å². The second kappa shape index (κ2) is 7.09. The first kappa shape index (κ1) is 17.0. The normalized spacial score (nSPS) is 14.7. The molecule has 4 heteroatoms. The minimum Gasteiger partial charge on any atom is -0.349 e. The van der Waals surface area contributed by atoms with Crippen LogP contribution in [-0.4, -0.2) is 12.5 Å². The number of hydrogen-bond donors (Lipinski definition) is 2. The fourth-order valence-electron chi connectivity index (χ4n) is 2.21. The van der Waals surface area contributed by atoms with Crippen LogP contribution < -0.4 is 11.1 Å². The Labute approximate surface area is 126 Å². The lowest BCUT2D eigenvalue weighted by Crippen LogP contribution is -2.38. The number of amides is 1. The summed E-state index contributed by atoms with van der Waals surface area (Å²) >= 11 is 5.97. The maximum Gasteiger partial charge on any atom is 0.224 e. The summed E-state index contributed by atoms with van der Waals surface area (Å²) in [6, 6.07) is 7.46. The molecule has 0 aliphatic carbocycles. The number of carbonyl (C=O) groups is 1. The molecule has 0 radical (unpaired) electrons. The van der Waals surface area contributed by atoms with Crippen LogP contribution in [0.15, 0.2) is 24.3 Å². The highest BCUT2D eigenvalue weighted by Crippen LogP contribution is 2.25. The first-order valence-corrected chi connectivity index (χ1v) is 7.36. The predicted molar refractivity (Wildman–Crippen MR) is 84.6 cm³/mol. The van der Waals surface area contributed by atoms with Gasteiger partial charge in [0.25, 0.3) is 0 Å². The van der Waals surface area contributed by atoms with Crippen LogP contribution in [0.2, 0.25) is 5.02 Å². The first-order chi connectivity index (χ1) is 9.23. The van der Waals surface area contributed by atoms with E-state index in [4.69, 9.17) is 17.3 Å². The molecular formula is C16H25ClN2O. The maximum absolute atomic E-state index is 12.3. The average Bonchev–Trinajstić information content (AvgIpc) is 2.34. The SMILES string of the molecule is CC(NC(=O)C(CN)CC(C)(C)C)c1cccc(Cl)c1. The van der Waals surface area contributed by atoms with Crippen molar-refractivity contribution in [2.75, 3.05) is 6.54 Å². The quantitative estimate of drug-likeness (QED) is 0.873. The zero-order chi connectivity index (χ0) is 15.3. The topological polar surface area (TPSA) is 55.1 Å². The van der Waals surface area contributed by atoms with Gasteiger partial charge >= 0.3 is 0 Å². The van der Waals surface area contributed by atoms with Gasteiger partial charge in [-0.05, 0) is 36.5 Å². The van der Waals surface area contributed by atoms with Gasteiger partial charge in [0.1, 0.15) is 0 Å². The van der Waals surface area contributed by atoms with Crippen LogP contribution in [0.1, 0.15) is 45.7 Å². The first-order valence-electron chi connectivity index (χ1n) is 6.99. The van der Waals surface area contributed by atoms with Crippen LogP contribution in [0, 0.1) is 11.3 Å². The molecule has 1 aromatic rings. The van der Waals surface area contributed by atoms with Crippen LogP contribution in [-0.2, 0) is 4.79 Å². The van der Waals surface area contributed by atoms with E-state index in [-0.39, 0.29) is 23.3 Å². The Morgan fingerprint density at radius 2 is 2.05 bits per heavy atom. The third-order valence-corrected chi connectivity index (χ3v) is 3.46. The van der Waals surface area contributed by atoms with Crippen molar-refractivity contribution >= 4 is 17.5 Å². The number of nitrogens with two attached hydrogens (primary N) is 1. The molecule has 0 fully saturated rings. The number of carbonyl (C=O) groups excluding carboxylic acids is 1. The van der Waals surface area contributed by atoms with Crippen molar-refractivity contribution in [2.24, 2.45) is 17.1 Å². The van der Waals surface area contributed by atoms with E-state index in [2.05, 4.69) is 26.1 Å². The van der Waals surface area contributed by atoms with Gasteiger partial charge in [0.15, 0.2) is 0 Å². The summed E-state index contributed by atoms with van der Waals surface area (Å²) in [5.41, 5.74) is 6.82. The van der Waals surface area contributed by atoms with E-state index in [9.17, 15) is 4.79 Å². The molecule has 1 amide bonds. The summed E-state index contributed by atoms with van der Waals surface area (Å²) in [5.74, 6) is -0.147. The zero-order valence-electron chi connectivity index (χ0n) is 12.7. The van der Waals surface area contributed by atoms with Crippen molar-refractivity contribution in [2.45, 2.75) is 40.2 Å². The van der Waals surface area contributed by atoms with Crippen LogP contribution in [0.25, 0.3) is 0 Å². The summed E-state index contributed by atoms with van der Waals surface area (Å²) in [5, 5.41) is 3.69. The van der Waals surface area contributed by atoms with Gasteiger partial charge in [-0.25, -0.2) is 0 Å². The van der Waals surface area contributed by atoms with Crippen molar-refractivity contribution in [1.82, 2.24) is 5.32 Å². The fourth-order valence-corrected chi connectivity index (χ4v) is 2.41. The van der Waals surface area contributed by atoms with E-state index < -0.39 is 0 Å². The van der Waals surface area contributed by atoms with Crippen LogP contribution in [0.3, 0.4) is 0 Å². The molecule has 0 spiro atoms. The molecule has 1 aromatic carbocycles. The standard InChI is InChI=1S/C16H25ClN2O/c1-11(12-6-5-7-14(17)8-12)19-15(20)13(10-18)9-16(2,3)4/h5-8,11,13H,9-10,18H2,1-4H3,(H,19,20). The Bertz CT molecular complexity index is 454. The Hall–Kier alpha value is -1.06. The van der Waals surface area contributed by atoms with Crippen molar-refractivity contribution in [3.8, 4) is 0 Å². The molecule has 0 heterocycles. The summed E-state index contributed by atoms with van der Waals surface area (Å²) in [7, 11) is 0. The molecule has 0 saturated heterocycles. The highest BCUT2D eigenvalue weighted by atomic mass is 35.5. The molecule has 3 nitrogen and oxygen atoms in total. The number of rotatable bonds is 5. The van der Waals surface area contributed by atoms with Gasteiger partial charge in [-0.1, -0.05) is 44.5 Å². The Morgan fingerprint density at radius 1 is 1.40 bits per heavy atom. The zero-order valence-corrected chi connectivity index (χ0v) is 13.5. The third-order valence-electron chi connectivity index (χ3n) is 3.22. The molecule has 0 aromatic heterocycles. The molecule has 0 aliphatic rings. The van der Waals surface area contributed by atoms with Crippen LogP contribution >= 0.6 is 11.6 Å². The van der Waals surface area contributed by atoms with Gasteiger partial charge in [-0.15, -0.1) is 0 Å². The van der Waals surface area contributed by atoms with E-state index in [1.165, 1.54) is 0 Å². The molecule has 112 valence electrons. The van der Waals surface area contributed by atoms with Gasteiger partial charge in [0, 0.05) is 11.6 Å². The van der Waals surface area contributed by atoms with Gasteiger partial charge in [-0.2, -0.15) is 0 Å². The monoisotopic (exact) mass is 296 g/mol. The van der Waals surface area contributed by atoms with Crippen molar-refractivity contribution in [3.05, 3.63) is 34.9 Å². The Morgan fingerprint density at radius 3 is 2.55 bits per heavy atom. The number of nitrogens with one attached hydrogen (secondary N) is 1. The number of benzene rings is 1. The van der Waals surface area contributed by atoms with Crippen LogP contribution in [0.5, 0.6) is 0 Å². The van der Waals surface area contributed by atoms with Crippen molar-refractivity contribution in [1.29, 1.82) is 0 Å². The summed E-state index contributed by atoms with van der Waals surface area (Å²) in [4.78, 5) is 12.3. The molecule has 0 bridgehead atoms. The summed E-state index contributed by atoms with van der Waals surface area (Å²) in [6.45, 7) is 8.66. The number of hydrogen-bond acceptors (Lipinski definition) is 2. The fraction of sp³-hybridized carbons (Fsp3) is 0.562. The minimum atomic E-state index is -0.156. The average molecular weight is 297 g/mol. The molecule has 2 atom stereocenters. The van der Waals surface area contributed by atoms with Crippen molar-refractivity contribution < 1.29 is 4.79 Å².